The van der Waals surface area contributed by atoms with E-state index in [1.807, 2.05) is 37.3 Å². The number of carbonyl (C=O) groups excluding carboxylic acids is 2. The van der Waals surface area contributed by atoms with Gasteiger partial charge < -0.3 is 14.9 Å². The first kappa shape index (κ1) is 21.0. The molecule has 3 rings (SSSR count). The molecule has 1 fully saturated rings. The first-order chi connectivity index (χ1) is 14.0. The Morgan fingerprint density at radius 2 is 1.79 bits per heavy atom. The third kappa shape index (κ3) is 4.17. The van der Waals surface area contributed by atoms with Crippen molar-refractivity contribution < 1.29 is 19.1 Å². The number of carbonyl (C=O) groups is 2. The highest BCUT2D eigenvalue weighted by Crippen LogP contribution is 2.41. The van der Waals surface area contributed by atoms with Crippen molar-refractivity contribution >= 4 is 11.8 Å². The molecule has 6 heteroatoms. The smallest absolute Gasteiger partial charge is 0.254 e. The Morgan fingerprint density at radius 3 is 2.38 bits per heavy atom. The van der Waals surface area contributed by atoms with E-state index in [9.17, 15) is 19.1 Å². The van der Waals surface area contributed by atoms with E-state index < -0.39 is 5.82 Å². The number of amides is 2. The van der Waals surface area contributed by atoms with E-state index in [2.05, 4.69) is 0 Å². The van der Waals surface area contributed by atoms with Gasteiger partial charge >= 0.3 is 0 Å². The molecule has 0 radical (unpaired) electrons. The van der Waals surface area contributed by atoms with Gasteiger partial charge in [-0.25, -0.2) is 4.39 Å². The third-order valence-corrected chi connectivity index (χ3v) is 5.65. The fourth-order valence-corrected chi connectivity index (χ4v) is 4.21. The predicted molar refractivity (Wildman–Crippen MR) is 109 cm³/mol. The molecule has 0 aliphatic carbocycles. The maximum absolute atomic E-state index is 13.6. The van der Waals surface area contributed by atoms with Gasteiger partial charge in [-0.2, -0.15) is 0 Å². The molecule has 2 amide bonds. The fourth-order valence-electron chi connectivity index (χ4n) is 4.21. The molecule has 0 saturated carbocycles. The highest BCUT2D eigenvalue weighted by atomic mass is 19.1. The van der Waals surface area contributed by atoms with Crippen LogP contribution in [0.25, 0.3) is 0 Å². The quantitative estimate of drug-likeness (QED) is 0.780. The minimum absolute atomic E-state index is 0.0458. The van der Waals surface area contributed by atoms with Crippen LogP contribution in [0.4, 0.5) is 4.39 Å². The summed E-state index contributed by atoms with van der Waals surface area (Å²) in [4.78, 5) is 28.9. The number of rotatable bonds is 7. The van der Waals surface area contributed by atoms with Crippen LogP contribution in [0, 0.1) is 5.82 Å². The number of hydrogen-bond acceptors (Lipinski definition) is 3. The Morgan fingerprint density at radius 1 is 1.07 bits per heavy atom. The first-order valence-electron chi connectivity index (χ1n) is 10.0. The van der Waals surface area contributed by atoms with Crippen LogP contribution in [0.15, 0.2) is 54.6 Å². The minimum Gasteiger partial charge on any atom is -0.394 e. The number of likely N-dealkylation sites (N-methyl/N-ethyl adjacent to an activating group) is 1. The second-order valence-electron chi connectivity index (χ2n) is 7.26. The second-order valence-corrected chi connectivity index (χ2v) is 7.26. The van der Waals surface area contributed by atoms with Gasteiger partial charge in [-0.15, -0.1) is 0 Å². The summed E-state index contributed by atoms with van der Waals surface area (Å²) in [6.45, 7) is 4.28. The molecule has 29 heavy (non-hydrogen) atoms. The van der Waals surface area contributed by atoms with Gasteiger partial charge in [0.15, 0.2) is 0 Å². The summed E-state index contributed by atoms with van der Waals surface area (Å²) in [5.74, 6) is -0.836. The number of likely N-dealkylation sites (tertiary alicyclic amines) is 1. The molecule has 0 spiro atoms. The second kappa shape index (κ2) is 9.18. The summed E-state index contributed by atoms with van der Waals surface area (Å²) in [7, 11) is 0. The van der Waals surface area contributed by atoms with Gasteiger partial charge in [0.2, 0.25) is 5.91 Å². The standard InChI is InChI=1S/C23H27FN2O3/c1-3-21(28)26-19(22(20(26)15-27)16-9-6-5-7-10-16)14-25(4-2)23(29)17-11-8-12-18(24)13-17/h5-13,19-20,22,27H,3-4,14-15H2,1-2H3/t19-,20-,22-/m0/s1. The topological polar surface area (TPSA) is 60.9 Å². The Bertz CT molecular complexity index is 858. The van der Waals surface area contributed by atoms with Crippen molar-refractivity contribution in [3.8, 4) is 0 Å². The molecule has 1 N–H and O–H groups in total. The molecular weight excluding hydrogens is 371 g/mol. The Balaban J connectivity index is 1.88. The SMILES string of the molecule is CCC(=O)N1[C@@H](CO)[C@@H](c2ccccc2)[C@@H]1CN(CC)C(=O)c1cccc(F)c1. The lowest BCUT2D eigenvalue weighted by atomic mass is 9.74. The van der Waals surface area contributed by atoms with Crippen molar-refractivity contribution in [2.45, 2.75) is 38.3 Å². The van der Waals surface area contributed by atoms with Crippen LogP contribution in [0.1, 0.15) is 42.1 Å². The summed E-state index contributed by atoms with van der Waals surface area (Å²) < 4.78 is 13.6. The number of nitrogens with zero attached hydrogens (tertiary/aromatic N) is 2. The van der Waals surface area contributed by atoms with Crippen molar-refractivity contribution in [3.63, 3.8) is 0 Å². The summed E-state index contributed by atoms with van der Waals surface area (Å²) in [5, 5.41) is 9.94. The lowest BCUT2D eigenvalue weighted by Crippen LogP contribution is -2.68. The number of benzene rings is 2. The molecule has 0 aromatic heterocycles. The van der Waals surface area contributed by atoms with Crippen molar-refractivity contribution in [2.75, 3.05) is 19.7 Å². The van der Waals surface area contributed by atoms with Crippen LogP contribution >= 0.6 is 0 Å². The molecule has 1 aliphatic rings. The number of hydrogen-bond donors (Lipinski definition) is 1. The van der Waals surface area contributed by atoms with Gasteiger partial charge in [0, 0.05) is 31.0 Å². The average Bonchev–Trinajstić information content (AvgIpc) is 2.73. The van der Waals surface area contributed by atoms with Gasteiger partial charge in [-0.3, -0.25) is 9.59 Å². The molecule has 2 aromatic rings. The largest absolute Gasteiger partial charge is 0.394 e. The predicted octanol–water partition coefficient (Wildman–Crippen LogP) is 3.05. The van der Waals surface area contributed by atoms with Gasteiger partial charge in [0.25, 0.3) is 5.91 Å². The molecular formula is C23H27FN2O3. The van der Waals surface area contributed by atoms with E-state index in [0.717, 1.165) is 5.56 Å². The third-order valence-electron chi connectivity index (χ3n) is 5.65. The Kier molecular flexibility index (Phi) is 6.64. The Labute approximate surface area is 170 Å². The van der Waals surface area contributed by atoms with Crippen molar-refractivity contribution in [2.24, 2.45) is 0 Å². The van der Waals surface area contributed by atoms with Gasteiger partial charge in [-0.1, -0.05) is 43.3 Å². The Hall–Kier alpha value is -2.73. The summed E-state index contributed by atoms with van der Waals surface area (Å²) in [6.07, 6.45) is 0.332. The zero-order valence-corrected chi connectivity index (χ0v) is 16.8. The molecule has 3 atom stereocenters. The van der Waals surface area contributed by atoms with E-state index in [1.165, 1.54) is 18.2 Å². The van der Waals surface area contributed by atoms with Crippen LogP contribution in [-0.4, -0.2) is 58.5 Å². The molecule has 1 aliphatic heterocycles. The molecule has 0 bridgehead atoms. The van der Waals surface area contributed by atoms with E-state index in [0.29, 0.717) is 19.5 Å². The van der Waals surface area contributed by atoms with Crippen molar-refractivity contribution in [1.82, 2.24) is 9.80 Å². The first-order valence-corrected chi connectivity index (χ1v) is 10.0. The van der Waals surface area contributed by atoms with Crippen LogP contribution in [0.5, 0.6) is 0 Å². The molecule has 0 unspecified atom stereocenters. The number of halogens is 1. The molecule has 1 saturated heterocycles. The van der Waals surface area contributed by atoms with Crippen LogP contribution in [-0.2, 0) is 4.79 Å². The fraction of sp³-hybridized carbons (Fsp3) is 0.391. The van der Waals surface area contributed by atoms with E-state index >= 15 is 0 Å². The molecule has 1 heterocycles. The van der Waals surface area contributed by atoms with Gasteiger partial charge in [-0.05, 0) is 30.7 Å². The van der Waals surface area contributed by atoms with E-state index in [-0.39, 0.29) is 42.0 Å². The van der Waals surface area contributed by atoms with E-state index in [1.54, 1.807) is 22.8 Å². The summed E-state index contributed by atoms with van der Waals surface area (Å²) in [6, 6.07) is 14.8. The zero-order valence-electron chi connectivity index (χ0n) is 16.8. The maximum atomic E-state index is 13.6. The summed E-state index contributed by atoms with van der Waals surface area (Å²) >= 11 is 0. The summed E-state index contributed by atoms with van der Waals surface area (Å²) in [5.41, 5.74) is 1.32. The van der Waals surface area contributed by atoms with Gasteiger partial charge in [0.05, 0.1) is 18.7 Å². The van der Waals surface area contributed by atoms with Crippen molar-refractivity contribution in [1.29, 1.82) is 0 Å². The highest BCUT2D eigenvalue weighted by molar-refractivity contribution is 5.94. The molecule has 5 nitrogen and oxygen atoms in total. The van der Waals surface area contributed by atoms with Crippen molar-refractivity contribution in [3.05, 3.63) is 71.5 Å². The monoisotopic (exact) mass is 398 g/mol. The van der Waals surface area contributed by atoms with Crippen LogP contribution < -0.4 is 0 Å². The van der Waals surface area contributed by atoms with Crippen LogP contribution in [0.2, 0.25) is 0 Å². The number of aliphatic hydroxyl groups excluding tert-OH is 1. The maximum Gasteiger partial charge on any atom is 0.254 e. The lowest BCUT2D eigenvalue weighted by Gasteiger charge is -2.56. The van der Waals surface area contributed by atoms with Crippen LogP contribution in [0.3, 0.4) is 0 Å². The van der Waals surface area contributed by atoms with E-state index in [4.69, 9.17) is 0 Å². The number of aliphatic hydroxyl groups is 1. The van der Waals surface area contributed by atoms with Gasteiger partial charge in [0.1, 0.15) is 5.82 Å². The molecule has 154 valence electrons. The zero-order chi connectivity index (χ0) is 21.0. The lowest BCUT2D eigenvalue weighted by molar-refractivity contribution is -0.151. The molecule has 2 aromatic carbocycles. The average molecular weight is 398 g/mol. The normalized spacial score (nSPS) is 20.8. The highest BCUT2D eigenvalue weighted by Gasteiger charge is 2.51. The minimum atomic E-state index is -0.458.